The molecule has 0 aromatic rings. The molecule has 2 amide bonds. The average Bonchev–Trinajstić information content (AvgIpc) is 2.38. The lowest BCUT2D eigenvalue weighted by molar-refractivity contribution is -0.130. The van der Waals surface area contributed by atoms with Gasteiger partial charge in [0.2, 0.25) is 11.8 Å². The Bertz CT molecular complexity index is 233. The highest BCUT2D eigenvalue weighted by Crippen LogP contribution is 2.04. The molecular weight excluding hydrogens is 212 g/mol. The zero-order valence-corrected chi connectivity index (χ0v) is 9.94. The second-order valence-electron chi connectivity index (χ2n) is 3.46. The third-order valence-electron chi connectivity index (χ3n) is 2.32. The predicted octanol–water partition coefficient (Wildman–Crippen LogP) is 0.478. The first-order valence-corrected chi connectivity index (χ1v) is 6.51. The third-order valence-corrected chi connectivity index (χ3v) is 3.30. The van der Waals surface area contributed by atoms with Gasteiger partial charge in [0, 0.05) is 19.5 Å². The monoisotopic (exact) mass is 230 g/mol. The molecule has 15 heavy (non-hydrogen) atoms. The molecule has 1 saturated heterocycles. The van der Waals surface area contributed by atoms with Crippen LogP contribution in [0.3, 0.4) is 0 Å². The van der Waals surface area contributed by atoms with E-state index in [1.807, 2.05) is 11.8 Å². The van der Waals surface area contributed by atoms with E-state index < -0.39 is 0 Å². The second-order valence-corrected chi connectivity index (χ2v) is 4.85. The molecule has 5 heteroatoms. The van der Waals surface area contributed by atoms with E-state index in [9.17, 15) is 9.59 Å². The molecule has 4 nitrogen and oxygen atoms in total. The molecule has 1 N–H and O–H groups in total. The molecule has 0 aliphatic carbocycles. The van der Waals surface area contributed by atoms with Crippen LogP contribution in [0, 0.1) is 0 Å². The number of carbonyl (C=O) groups is 2. The minimum Gasteiger partial charge on any atom is -0.347 e. The molecule has 0 atom stereocenters. The summed E-state index contributed by atoms with van der Waals surface area (Å²) in [4.78, 5) is 24.4. The van der Waals surface area contributed by atoms with Crippen molar-refractivity contribution in [3.8, 4) is 0 Å². The third kappa shape index (κ3) is 4.55. The SMILES string of the molecule is CCSCCCN1CCC(=O)NCC1=O. The smallest absolute Gasteiger partial charge is 0.241 e. The zero-order chi connectivity index (χ0) is 11.1. The summed E-state index contributed by atoms with van der Waals surface area (Å²) in [6.45, 7) is 3.65. The molecule has 1 rings (SSSR count). The van der Waals surface area contributed by atoms with Gasteiger partial charge in [-0.2, -0.15) is 11.8 Å². The van der Waals surface area contributed by atoms with E-state index in [1.165, 1.54) is 0 Å². The largest absolute Gasteiger partial charge is 0.347 e. The number of carbonyl (C=O) groups excluding carboxylic acids is 2. The Morgan fingerprint density at radius 3 is 3.00 bits per heavy atom. The van der Waals surface area contributed by atoms with E-state index in [2.05, 4.69) is 12.2 Å². The minimum atomic E-state index is -0.0196. The maximum Gasteiger partial charge on any atom is 0.241 e. The number of thioether (sulfide) groups is 1. The lowest BCUT2D eigenvalue weighted by atomic mass is 10.3. The van der Waals surface area contributed by atoms with Crippen LogP contribution in [0.15, 0.2) is 0 Å². The van der Waals surface area contributed by atoms with Crippen molar-refractivity contribution >= 4 is 23.6 Å². The fraction of sp³-hybridized carbons (Fsp3) is 0.800. The van der Waals surface area contributed by atoms with Crippen molar-refractivity contribution in [3.63, 3.8) is 0 Å². The second kappa shape index (κ2) is 6.71. The quantitative estimate of drug-likeness (QED) is 0.699. The van der Waals surface area contributed by atoms with Crippen LogP contribution in [0.4, 0.5) is 0 Å². The molecule has 0 aromatic carbocycles. The molecule has 0 bridgehead atoms. The van der Waals surface area contributed by atoms with Gasteiger partial charge in [0.15, 0.2) is 0 Å². The van der Waals surface area contributed by atoms with E-state index in [0.717, 1.165) is 24.5 Å². The summed E-state index contributed by atoms with van der Waals surface area (Å²) in [5.41, 5.74) is 0. The lowest BCUT2D eigenvalue weighted by Crippen LogP contribution is -2.36. The fourth-order valence-corrected chi connectivity index (χ4v) is 2.10. The van der Waals surface area contributed by atoms with Crippen molar-refractivity contribution < 1.29 is 9.59 Å². The maximum atomic E-state index is 11.5. The van der Waals surface area contributed by atoms with Crippen LogP contribution in [0.5, 0.6) is 0 Å². The normalized spacial score (nSPS) is 17.5. The molecule has 1 heterocycles. The number of hydrogen-bond acceptors (Lipinski definition) is 3. The van der Waals surface area contributed by atoms with Gasteiger partial charge in [0.1, 0.15) is 0 Å². The summed E-state index contributed by atoms with van der Waals surface area (Å²) in [6, 6.07) is 0. The van der Waals surface area contributed by atoms with Crippen LogP contribution in [0.2, 0.25) is 0 Å². The van der Waals surface area contributed by atoms with E-state index in [4.69, 9.17) is 0 Å². The van der Waals surface area contributed by atoms with Crippen molar-refractivity contribution in [2.75, 3.05) is 31.1 Å². The number of rotatable bonds is 5. The Balaban J connectivity index is 2.26. The molecule has 0 aromatic heterocycles. The summed E-state index contributed by atoms with van der Waals surface area (Å²) < 4.78 is 0. The van der Waals surface area contributed by atoms with Crippen molar-refractivity contribution in [3.05, 3.63) is 0 Å². The van der Waals surface area contributed by atoms with Crippen molar-refractivity contribution in [1.29, 1.82) is 0 Å². The van der Waals surface area contributed by atoms with Crippen molar-refractivity contribution in [1.82, 2.24) is 10.2 Å². The van der Waals surface area contributed by atoms with Gasteiger partial charge in [-0.3, -0.25) is 9.59 Å². The van der Waals surface area contributed by atoms with Crippen LogP contribution in [0.25, 0.3) is 0 Å². The van der Waals surface area contributed by atoms with Gasteiger partial charge < -0.3 is 10.2 Å². The van der Waals surface area contributed by atoms with E-state index in [-0.39, 0.29) is 18.4 Å². The molecule has 86 valence electrons. The van der Waals surface area contributed by atoms with Crippen LogP contribution < -0.4 is 5.32 Å². The van der Waals surface area contributed by atoms with E-state index >= 15 is 0 Å². The number of nitrogens with one attached hydrogen (secondary N) is 1. The lowest BCUT2D eigenvalue weighted by Gasteiger charge is -2.19. The molecule has 1 aliphatic rings. The molecule has 0 saturated carbocycles. The minimum absolute atomic E-state index is 0.0196. The van der Waals surface area contributed by atoms with Gasteiger partial charge in [0.05, 0.1) is 6.54 Å². The Labute approximate surface area is 94.8 Å². The molecule has 0 unspecified atom stereocenters. The zero-order valence-electron chi connectivity index (χ0n) is 9.12. The van der Waals surface area contributed by atoms with Crippen molar-refractivity contribution in [2.24, 2.45) is 0 Å². The van der Waals surface area contributed by atoms with Gasteiger partial charge in [-0.15, -0.1) is 0 Å². The molecule has 0 radical (unpaired) electrons. The first-order chi connectivity index (χ1) is 7.24. The summed E-state index contributed by atoms with van der Waals surface area (Å²) in [6.07, 6.45) is 1.45. The first kappa shape index (κ1) is 12.4. The fourth-order valence-electron chi connectivity index (χ4n) is 1.47. The van der Waals surface area contributed by atoms with Crippen LogP contribution in [-0.4, -0.2) is 47.9 Å². The molecular formula is C10H18N2O2S. The summed E-state index contributed by atoms with van der Waals surface area (Å²) in [5, 5.41) is 2.59. The van der Waals surface area contributed by atoms with Crippen LogP contribution in [0.1, 0.15) is 19.8 Å². The van der Waals surface area contributed by atoms with E-state index in [1.54, 1.807) is 4.90 Å². The molecule has 1 aliphatic heterocycles. The maximum absolute atomic E-state index is 11.5. The van der Waals surface area contributed by atoms with Gasteiger partial charge in [0.25, 0.3) is 0 Å². The van der Waals surface area contributed by atoms with Gasteiger partial charge >= 0.3 is 0 Å². The Morgan fingerprint density at radius 2 is 2.27 bits per heavy atom. The molecule has 1 fully saturated rings. The van der Waals surface area contributed by atoms with Gasteiger partial charge in [-0.05, 0) is 17.9 Å². The average molecular weight is 230 g/mol. The number of amides is 2. The number of hydrogen-bond donors (Lipinski definition) is 1. The molecule has 0 spiro atoms. The Kier molecular flexibility index (Phi) is 5.53. The summed E-state index contributed by atoms with van der Waals surface area (Å²) in [5.74, 6) is 2.23. The highest BCUT2D eigenvalue weighted by atomic mass is 32.2. The van der Waals surface area contributed by atoms with Crippen molar-refractivity contribution in [2.45, 2.75) is 19.8 Å². The van der Waals surface area contributed by atoms with E-state index in [0.29, 0.717) is 13.0 Å². The highest BCUT2D eigenvalue weighted by Gasteiger charge is 2.18. The Hall–Kier alpha value is -0.710. The predicted molar refractivity (Wildman–Crippen MR) is 61.8 cm³/mol. The summed E-state index contributed by atoms with van der Waals surface area (Å²) in [7, 11) is 0. The number of nitrogens with zero attached hydrogens (tertiary/aromatic N) is 1. The highest BCUT2D eigenvalue weighted by molar-refractivity contribution is 7.99. The topological polar surface area (TPSA) is 49.4 Å². The summed E-state index contributed by atoms with van der Waals surface area (Å²) >= 11 is 1.88. The standard InChI is InChI=1S/C10H18N2O2S/c1-2-15-7-3-5-12-6-4-9(13)11-8-10(12)14/h2-8H2,1H3,(H,11,13). The Morgan fingerprint density at radius 1 is 1.47 bits per heavy atom. The van der Waals surface area contributed by atoms with Crippen LogP contribution in [-0.2, 0) is 9.59 Å². The van der Waals surface area contributed by atoms with Crippen LogP contribution >= 0.6 is 11.8 Å². The first-order valence-electron chi connectivity index (χ1n) is 5.36. The van der Waals surface area contributed by atoms with Gasteiger partial charge in [-0.1, -0.05) is 6.92 Å². The van der Waals surface area contributed by atoms with Gasteiger partial charge in [-0.25, -0.2) is 0 Å².